The lowest BCUT2D eigenvalue weighted by Gasteiger charge is -2.38. The number of hydrogen-bond donors (Lipinski definition) is 1. The van der Waals surface area contributed by atoms with E-state index in [-0.39, 0.29) is 18.6 Å². The topological polar surface area (TPSA) is 68.2 Å². The summed E-state index contributed by atoms with van der Waals surface area (Å²) in [6.07, 6.45) is -0.00115. The van der Waals surface area contributed by atoms with Gasteiger partial charge < -0.3 is 19.3 Å². The summed E-state index contributed by atoms with van der Waals surface area (Å²) < 4.78 is 17.0. The quantitative estimate of drug-likeness (QED) is 0.893. The molecule has 1 N–H and O–H groups in total. The average Bonchev–Trinajstić information content (AvgIpc) is 2.49. The Hall–Kier alpha value is -1.79. The first-order chi connectivity index (χ1) is 10.2. The molecule has 1 saturated heterocycles. The number of rotatable bonds is 4. The van der Waals surface area contributed by atoms with Crippen molar-refractivity contribution in [3.05, 3.63) is 24.3 Å². The molecule has 1 aromatic carbocycles. The fraction of sp³-hybridized carbons (Fsp3) is 0.533. The van der Waals surface area contributed by atoms with Crippen LogP contribution in [-0.2, 0) is 9.53 Å². The molecule has 2 aliphatic rings. The fourth-order valence-corrected chi connectivity index (χ4v) is 2.73. The smallest absolute Gasteiger partial charge is 0.305 e. The van der Waals surface area contributed by atoms with E-state index in [0.29, 0.717) is 26.4 Å². The number of ether oxygens (including phenoxy) is 3. The Bertz CT molecular complexity index is 507. The summed E-state index contributed by atoms with van der Waals surface area (Å²) in [6, 6.07) is 7.49. The third-order valence-electron chi connectivity index (χ3n) is 3.77. The molecule has 2 unspecified atom stereocenters. The Balaban J connectivity index is 1.62. The molecule has 2 heterocycles. The van der Waals surface area contributed by atoms with Crippen LogP contribution >= 0.6 is 0 Å². The summed E-state index contributed by atoms with van der Waals surface area (Å²) in [7, 11) is 0. The van der Waals surface area contributed by atoms with Crippen molar-refractivity contribution < 1.29 is 24.1 Å². The number of fused-ring (bicyclic) bond motifs is 1. The maximum atomic E-state index is 10.9. The monoisotopic (exact) mass is 293 g/mol. The maximum Gasteiger partial charge on any atom is 0.305 e. The van der Waals surface area contributed by atoms with Gasteiger partial charge in [-0.3, -0.25) is 9.69 Å². The van der Waals surface area contributed by atoms with Gasteiger partial charge in [-0.1, -0.05) is 12.1 Å². The molecule has 21 heavy (non-hydrogen) atoms. The number of hydrogen-bond acceptors (Lipinski definition) is 5. The van der Waals surface area contributed by atoms with Gasteiger partial charge in [0.15, 0.2) is 11.5 Å². The van der Waals surface area contributed by atoms with Crippen molar-refractivity contribution in [3.8, 4) is 11.5 Å². The minimum absolute atomic E-state index is 0.0875. The molecule has 0 aliphatic carbocycles. The van der Waals surface area contributed by atoms with E-state index in [1.807, 2.05) is 24.3 Å². The molecule has 114 valence electrons. The van der Waals surface area contributed by atoms with Gasteiger partial charge >= 0.3 is 5.97 Å². The highest BCUT2D eigenvalue weighted by Crippen LogP contribution is 2.31. The molecular formula is C15H19NO5. The van der Waals surface area contributed by atoms with Crippen molar-refractivity contribution in [1.29, 1.82) is 0 Å². The van der Waals surface area contributed by atoms with Gasteiger partial charge in [-0.15, -0.1) is 0 Å². The van der Waals surface area contributed by atoms with Gasteiger partial charge in [-0.25, -0.2) is 0 Å². The summed E-state index contributed by atoms with van der Waals surface area (Å²) >= 11 is 0. The predicted octanol–water partition coefficient (Wildman–Crippen LogP) is 1.00. The Morgan fingerprint density at radius 3 is 2.90 bits per heavy atom. The minimum atomic E-state index is -0.804. The zero-order chi connectivity index (χ0) is 14.7. The molecule has 6 nitrogen and oxygen atoms in total. The molecule has 0 bridgehead atoms. The van der Waals surface area contributed by atoms with Crippen LogP contribution in [0, 0.1) is 0 Å². The lowest BCUT2D eigenvalue weighted by atomic mass is 10.1. The third-order valence-corrected chi connectivity index (χ3v) is 3.77. The van der Waals surface area contributed by atoms with E-state index in [4.69, 9.17) is 19.3 Å². The van der Waals surface area contributed by atoms with Crippen LogP contribution in [0.25, 0.3) is 0 Å². The van der Waals surface area contributed by atoms with E-state index >= 15 is 0 Å². The van der Waals surface area contributed by atoms with E-state index in [1.54, 1.807) is 0 Å². The molecule has 0 saturated carbocycles. The largest absolute Gasteiger partial charge is 0.486 e. The van der Waals surface area contributed by atoms with E-state index in [2.05, 4.69) is 4.90 Å². The molecule has 2 atom stereocenters. The Kier molecular flexibility index (Phi) is 4.26. The van der Waals surface area contributed by atoms with E-state index in [9.17, 15) is 4.79 Å². The van der Waals surface area contributed by atoms with Gasteiger partial charge in [-0.05, 0) is 12.1 Å². The SMILES string of the molecule is O=C(O)CC1COCCN1CC1COc2ccccc2O1. The van der Waals surface area contributed by atoms with Gasteiger partial charge in [0.25, 0.3) is 0 Å². The number of morpholine rings is 1. The van der Waals surface area contributed by atoms with Crippen LogP contribution in [0.1, 0.15) is 6.42 Å². The van der Waals surface area contributed by atoms with Crippen molar-refractivity contribution >= 4 is 5.97 Å². The Morgan fingerprint density at radius 1 is 1.29 bits per heavy atom. The molecule has 1 aromatic rings. The van der Waals surface area contributed by atoms with Crippen molar-refractivity contribution in [3.63, 3.8) is 0 Å². The van der Waals surface area contributed by atoms with E-state index < -0.39 is 5.97 Å². The molecule has 3 rings (SSSR count). The lowest BCUT2D eigenvalue weighted by molar-refractivity contribution is -0.140. The van der Waals surface area contributed by atoms with Crippen molar-refractivity contribution in [1.82, 2.24) is 4.90 Å². The van der Waals surface area contributed by atoms with Gasteiger partial charge in [0.1, 0.15) is 12.7 Å². The van der Waals surface area contributed by atoms with Crippen molar-refractivity contribution in [2.45, 2.75) is 18.6 Å². The second-order valence-electron chi connectivity index (χ2n) is 5.32. The summed E-state index contributed by atoms with van der Waals surface area (Å²) in [5.74, 6) is 0.705. The molecule has 2 aliphatic heterocycles. The Labute approximate surface area is 123 Å². The zero-order valence-corrected chi connectivity index (χ0v) is 11.7. The highest BCUT2D eigenvalue weighted by atomic mass is 16.6. The normalized spacial score (nSPS) is 25.5. The van der Waals surface area contributed by atoms with Crippen LogP contribution in [0.3, 0.4) is 0 Å². The molecule has 0 radical (unpaired) electrons. The summed E-state index contributed by atoms with van der Waals surface area (Å²) in [5, 5.41) is 8.98. The predicted molar refractivity (Wildman–Crippen MR) is 74.8 cm³/mol. The zero-order valence-electron chi connectivity index (χ0n) is 11.7. The standard InChI is InChI=1S/C15H19NO5/c17-15(18)7-11-9-19-6-5-16(11)8-12-10-20-13-3-1-2-4-14(13)21-12/h1-4,11-12H,5-10H2,(H,17,18). The van der Waals surface area contributed by atoms with E-state index in [0.717, 1.165) is 18.0 Å². The molecule has 0 aromatic heterocycles. The molecule has 0 amide bonds. The molecule has 1 fully saturated rings. The third kappa shape index (κ3) is 3.46. The fourth-order valence-electron chi connectivity index (χ4n) is 2.73. The summed E-state index contributed by atoms with van der Waals surface area (Å²) in [4.78, 5) is 13.1. The van der Waals surface area contributed by atoms with Crippen LogP contribution < -0.4 is 9.47 Å². The number of carboxylic acids is 1. The second kappa shape index (κ2) is 6.32. The van der Waals surface area contributed by atoms with Crippen LogP contribution in [0.15, 0.2) is 24.3 Å². The van der Waals surface area contributed by atoms with Gasteiger partial charge in [-0.2, -0.15) is 0 Å². The Morgan fingerprint density at radius 2 is 2.10 bits per heavy atom. The summed E-state index contributed by atoms with van der Waals surface area (Å²) in [6.45, 7) is 2.93. The van der Waals surface area contributed by atoms with Crippen LogP contribution in [-0.4, -0.2) is 61.0 Å². The van der Waals surface area contributed by atoms with Crippen molar-refractivity contribution in [2.75, 3.05) is 32.9 Å². The molecular weight excluding hydrogens is 274 g/mol. The van der Waals surface area contributed by atoms with Crippen LogP contribution in [0.4, 0.5) is 0 Å². The highest BCUT2D eigenvalue weighted by molar-refractivity contribution is 5.67. The van der Waals surface area contributed by atoms with Crippen molar-refractivity contribution in [2.24, 2.45) is 0 Å². The van der Waals surface area contributed by atoms with Gasteiger partial charge in [0.2, 0.25) is 0 Å². The first kappa shape index (κ1) is 14.2. The number of carbonyl (C=O) groups is 1. The number of nitrogens with zero attached hydrogens (tertiary/aromatic N) is 1. The minimum Gasteiger partial charge on any atom is -0.486 e. The maximum absolute atomic E-state index is 10.9. The van der Waals surface area contributed by atoms with Crippen LogP contribution in [0.5, 0.6) is 11.5 Å². The average molecular weight is 293 g/mol. The molecule has 0 spiro atoms. The first-order valence-corrected chi connectivity index (χ1v) is 7.14. The van der Waals surface area contributed by atoms with Gasteiger partial charge in [0, 0.05) is 19.1 Å². The number of aliphatic carboxylic acids is 1. The second-order valence-corrected chi connectivity index (χ2v) is 5.32. The van der Waals surface area contributed by atoms with Crippen LogP contribution in [0.2, 0.25) is 0 Å². The molecule has 6 heteroatoms. The lowest BCUT2D eigenvalue weighted by Crippen LogP contribution is -2.51. The number of benzene rings is 1. The van der Waals surface area contributed by atoms with Gasteiger partial charge in [0.05, 0.1) is 19.6 Å². The first-order valence-electron chi connectivity index (χ1n) is 7.14. The number of carboxylic acid groups (broad SMARTS) is 1. The number of para-hydroxylation sites is 2. The van der Waals surface area contributed by atoms with E-state index in [1.165, 1.54) is 0 Å². The summed E-state index contributed by atoms with van der Waals surface area (Å²) in [5.41, 5.74) is 0. The highest BCUT2D eigenvalue weighted by Gasteiger charge is 2.30.